The fourth-order valence-electron chi connectivity index (χ4n) is 2.36. The van der Waals surface area contributed by atoms with E-state index >= 15 is 0 Å². The summed E-state index contributed by atoms with van der Waals surface area (Å²) in [5, 5.41) is 5.67. The Hall–Kier alpha value is -1.36. The molecule has 108 valence electrons. The van der Waals surface area contributed by atoms with Crippen LogP contribution in [0.2, 0.25) is 0 Å². The number of methoxy groups -OCH3 is 1. The molecular weight excluding hydrogens is 244 g/mol. The van der Waals surface area contributed by atoms with Crippen LogP contribution in [-0.2, 0) is 14.3 Å². The second-order valence-corrected chi connectivity index (χ2v) is 4.87. The van der Waals surface area contributed by atoms with E-state index in [1.807, 2.05) is 0 Å². The molecule has 0 saturated heterocycles. The quantitative estimate of drug-likeness (QED) is 0.531. The van der Waals surface area contributed by atoms with Crippen molar-refractivity contribution in [2.75, 3.05) is 26.8 Å². The van der Waals surface area contributed by atoms with Gasteiger partial charge in [0.15, 0.2) is 0 Å². The predicted octanol–water partition coefficient (Wildman–Crippen LogP) is 0.858. The number of amides is 2. The molecule has 1 aliphatic carbocycles. The Bertz CT molecular complexity index is 310. The van der Waals surface area contributed by atoms with Gasteiger partial charge in [0.2, 0.25) is 11.8 Å². The van der Waals surface area contributed by atoms with Crippen LogP contribution in [0.3, 0.4) is 0 Å². The average Bonchev–Trinajstić information content (AvgIpc) is 2.45. The number of carbonyl (C=O) groups excluding carboxylic acids is 2. The Kier molecular flexibility index (Phi) is 7.18. The van der Waals surface area contributed by atoms with E-state index in [9.17, 15) is 9.59 Å². The van der Waals surface area contributed by atoms with Gasteiger partial charge in [-0.05, 0) is 25.7 Å². The first kappa shape index (κ1) is 15.7. The Labute approximate surface area is 114 Å². The SMILES string of the molecule is C=CCNC(=O)C1CCC(C(=O)NCCOC)CC1. The van der Waals surface area contributed by atoms with Gasteiger partial charge in [-0.1, -0.05) is 6.08 Å². The molecule has 0 aromatic carbocycles. The van der Waals surface area contributed by atoms with Crippen molar-refractivity contribution in [3.05, 3.63) is 12.7 Å². The molecule has 1 saturated carbocycles. The third-order valence-corrected chi connectivity index (χ3v) is 3.49. The summed E-state index contributed by atoms with van der Waals surface area (Å²) >= 11 is 0. The third-order valence-electron chi connectivity index (χ3n) is 3.49. The normalized spacial score (nSPS) is 22.6. The maximum absolute atomic E-state index is 11.8. The van der Waals surface area contributed by atoms with E-state index < -0.39 is 0 Å². The van der Waals surface area contributed by atoms with Crippen molar-refractivity contribution in [1.29, 1.82) is 0 Å². The lowest BCUT2D eigenvalue weighted by atomic mass is 9.81. The van der Waals surface area contributed by atoms with E-state index in [-0.39, 0.29) is 23.7 Å². The van der Waals surface area contributed by atoms with E-state index in [1.54, 1.807) is 13.2 Å². The first-order valence-electron chi connectivity index (χ1n) is 6.84. The monoisotopic (exact) mass is 268 g/mol. The standard InChI is InChI=1S/C14H24N2O3/c1-3-8-15-13(17)11-4-6-12(7-5-11)14(18)16-9-10-19-2/h3,11-12H,1,4-10H2,2H3,(H,15,17)(H,16,18). The molecule has 0 atom stereocenters. The fourth-order valence-corrected chi connectivity index (χ4v) is 2.36. The largest absolute Gasteiger partial charge is 0.383 e. The minimum atomic E-state index is 0.0420. The van der Waals surface area contributed by atoms with Crippen molar-refractivity contribution in [3.8, 4) is 0 Å². The van der Waals surface area contributed by atoms with Gasteiger partial charge in [0.1, 0.15) is 0 Å². The van der Waals surface area contributed by atoms with Crippen LogP contribution in [-0.4, -0.2) is 38.6 Å². The lowest BCUT2D eigenvalue weighted by Crippen LogP contribution is -2.38. The van der Waals surface area contributed by atoms with Crippen LogP contribution in [0.15, 0.2) is 12.7 Å². The highest BCUT2D eigenvalue weighted by molar-refractivity contribution is 5.81. The van der Waals surface area contributed by atoms with Crippen molar-refractivity contribution in [1.82, 2.24) is 10.6 Å². The molecule has 0 heterocycles. The molecule has 1 fully saturated rings. The van der Waals surface area contributed by atoms with E-state index in [0.29, 0.717) is 19.7 Å². The minimum absolute atomic E-state index is 0.0420. The lowest BCUT2D eigenvalue weighted by molar-refractivity contribution is -0.130. The molecular formula is C14H24N2O3. The van der Waals surface area contributed by atoms with Crippen LogP contribution in [0.4, 0.5) is 0 Å². The van der Waals surface area contributed by atoms with Gasteiger partial charge in [-0.25, -0.2) is 0 Å². The number of hydrogen-bond donors (Lipinski definition) is 2. The van der Waals surface area contributed by atoms with E-state index in [2.05, 4.69) is 17.2 Å². The summed E-state index contributed by atoms with van der Waals surface area (Å²) in [7, 11) is 1.61. The smallest absolute Gasteiger partial charge is 0.223 e. The topological polar surface area (TPSA) is 67.4 Å². The van der Waals surface area contributed by atoms with Crippen LogP contribution < -0.4 is 10.6 Å². The molecule has 5 heteroatoms. The van der Waals surface area contributed by atoms with Gasteiger partial charge in [-0.2, -0.15) is 0 Å². The van der Waals surface area contributed by atoms with E-state index in [4.69, 9.17) is 4.74 Å². The van der Waals surface area contributed by atoms with Crippen molar-refractivity contribution >= 4 is 11.8 Å². The van der Waals surface area contributed by atoms with Crippen LogP contribution >= 0.6 is 0 Å². The van der Waals surface area contributed by atoms with Crippen molar-refractivity contribution in [2.45, 2.75) is 25.7 Å². The highest BCUT2D eigenvalue weighted by Crippen LogP contribution is 2.28. The van der Waals surface area contributed by atoms with Gasteiger partial charge in [0, 0.05) is 32.0 Å². The number of ether oxygens (including phenoxy) is 1. The van der Waals surface area contributed by atoms with Crippen molar-refractivity contribution in [3.63, 3.8) is 0 Å². The number of hydrogen-bond acceptors (Lipinski definition) is 3. The van der Waals surface area contributed by atoms with E-state index in [1.165, 1.54) is 0 Å². The molecule has 1 rings (SSSR count). The molecule has 0 aliphatic heterocycles. The molecule has 0 aromatic heterocycles. The van der Waals surface area contributed by atoms with E-state index in [0.717, 1.165) is 25.7 Å². The molecule has 19 heavy (non-hydrogen) atoms. The molecule has 0 radical (unpaired) electrons. The molecule has 0 unspecified atom stereocenters. The molecule has 0 spiro atoms. The summed E-state index contributed by atoms with van der Waals surface area (Å²) in [6, 6.07) is 0. The van der Waals surface area contributed by atoms with Crippen LogP contribution in [0, 0.1) is 11.8 Å². The van der Waals surface area contributed by atoms with Gasteiger partial charge in [-0.15, -0.1) is 6.58 Å². The Morgan fingerprint density at radius 2 is 1.68 bits per heavy atom. The summed E-state index contributed by atoms with van der Waals surface area (Å²) in [6.45, 7) is 5.16. The van der Waals surface area contributed by atoms with Crippen LogP contribution in [0.25, 0.3) is 0 Å². The Morgan fingerprint density at radius 3 is 2.16 bits per heavy atom. The number of rotatable bonds is 7. The zero-order chi connectivity index (χ0) is 14.1. The number of nitrogens with one attached hydrogen (secondary N) is 2. The predicted molar refractivity (Wildman–Crippen MR) is 73.5 cm³/mol. The summed E-state index contributed by atoms with van der Waals surface area (Å²) in [4.78, 5) is 23.6. The zero-order valence-electron chi connectivity index (χ0n) is 11.6. The second kappa shape index (κ2) is 8.69. The maximum Gasteiger partial charge on any atom is 0.223 e. The summed E-state index contributed by atoms with van der Waals surface area (Å²) in [5.41, 5.74) is 0. The molecule has 2 N–H and O–H groups in total. The third kappa shape index (κ3) is 5.42. The van der Waals surface area contributed by atoms with Gasteiger partial charge in [0.25, 0.3) is 0 Å². The lowest BCUT2D eigenvalue weighted by Gasteiger charge is -2.26. The highest BCUT2D eigenvalue weighted by Gasteiger charge is 2.29. The van der Waals surface area contributed by atoms with Crippen molar-refractivity contribution < 1.29 is 14.3 Å². The first-order valence-corrected chi connectivity index (χ1v) is 6.84. The Balaban J connectivity index is 2.26. The average molecular weight is 268 g/mol. The summed E-state index contributed by atoms with van der Waals surface area (Å²) in [5.74, 6) is 0.253. The molecule has 5 nitrogen and oxygen atoms in total. The minimum Gasteiger partial charge on any atom is -0.383 e. The molecule has 0 aromatic rings. The van der Waals surface area contributed by atoms with Crippen LogP contribution in [0.1, 0.15) is 25.7 Å². The second-order valence-electron chi connectivity index (χ2n) is 4.87. The van der Waals surface area contributed by atoms with Crippen LogP contribution in [0.5, 0.6) is 0 Å². The maximum atomic E-state index is 11.8. The Morgan fingerprint density at radius 1 is 1.16 bits per heavy atom. The van der Waals surface area contributed by atoms with Crippen molar-refractivity contribution in [2.24, 2.45) is 11.8 Å². The molecule has 0 bridgehead atoms. The van der Waals surface area contributed by atoms with Gasteiger partial charge < -0.3 is 15.4 Å². The fraction of sp³-hybridized carbons (Fsp3) is 0.714. The number of carbonyl (C=O) groups is 2. The van der Waals surface area contributed by atoms with Gasteiger partial charge in [-0.3, -0.25) is 9.59 Å². The first-order chi connectivity index (χ1) is 9.19. The van der Waals surface area contributed by atoms with Gasteiger partial charge in [0.05, 0.1) is 6.61 Å². The molecule has 2 amide bonds. The summed E-state index contributed by atoms with van der Waals surface area (Å²) < 4.78 is 4.89. The molecule has 1 aliphatic rings. The van der Waals surface area contributed by atoms with Gasteiger partial charge >= 0.3 is 0 Å². The summed E-state index contributed by atoms with van der Waals surface area (Å²) in [6.07, 6.45) is 4.81. The highest BCUT2D eigenvalue weighted by atomic mass is 16.5. The zero-order valence-corrected chi connectivity index (χ0v) is 11.6.